The SMILES string of the molecule is C/C=C1/NC(=O)C(=C\c2[nH]c(C)c(C(=O)NCCNCCC#N)c2C)/C1=C/CCl. The highest BCUT2D eigenvalue weighted by molar-refractivity contribution is 6.19. The van der Waals surface area contributed by atoms with E-state index in [2.05, 4.69) is 27.0 Å². The van der Waals surface area contributed by atoms with Crippen LogP contribution in [0.3, 0.4) is 0 Å². The van der Waals surface area contributed by atoms with Gasteiger partial charge in [-0.1, -0.05) is 12.2 Å². The molecule has 1 aliphatic rings. The zero-order valence-corrected chi connectivity index (χ0v) is 17.7. The van der Waals surface area contributed by atoms with Crippen molar-refractivity contribution in [3.05, 3.63) is 51.5 Å². The fourth-order valence-electron chi connectivity index (χ4n) is 3.22. The van der Waals surface area contributed by atoms with Gasteiger partial charge in [0.1, 0.15) is 0 Å². The van der Waals surface area contributed by atoms with Crippen LogP contribution in [0.4, 0.5) is 0 Å². The third-order valence-corrected chi connectivity index (χ3v) is 4.79. The molecule has 1 aliphatic heterocycles. The molecular weight excluding hydrogens is 390 g/mol. The molecule has 2 heterocycles. The summed E-state index contributed by atoms with van der Waals surface area (Å²) in [5, 5.41) is 17.3. The number of hydrogen-bond donors (Lipinski definition) is 4. The molecule has 4 N–H and O–H groups in total. The van der Waals surface area contributed by atoms with Crippen LogP contribution in [-0.2, 0) is 4.79 Å². The van der Waals surface area contributed by atoms with E-state index in [1.54, 1.807) is 12.2 Å². The molecule has 29 heavy (non-hydrogen) atoms. The third-order valence-electron chi connectivity index (χ3n) is 4.64. The molecule has 0 saturated carbocycles. The van der Waals surface area contributed by atoms with Crippen LogP contribution in [0.2, 0.25) is 0 Å². The van der Waals surface area contributed by atoms with E-state index in [-0.39, 0.29) is 17.7 Å². The van der Waals surface area contributed by atoms with Crippen molar-refractivity contribution in [2.24, 2.45) is 0 Å². The van der Waals surface area contributed by atoms with Crippen molar-refractivity contribution in [1.29, 1.82) is 5.26 Å². The van der Waals surface area contributed by atoms with E-state index in [1.807, 2.05) is 26.8 Å². The van der Waals surface area contributed by atoms with Crippen molar-refractivity contribution in [3.8, 4) is 6.07 Å². The third kappa shape index (κ3) is 5.37. The first-order valence-electron chi connectivity index (χ1n) is 9.45. The number of alkyl halides is 1. The Morgan fingerprint density at radius 1 is 1.24 bits per heavy atom. The predicted molar refractivity (Wildman–Crippen MR) is 114 cm³/mol. The highest BCUT2D eigenvalue weighted by atomic mass is 35.5. The van der Waals surface area contributed by atoms with Gasteiger partial charge in [0.15, 0.2) is 0 Å². The number of aromatic nitrogens is 1. The molecule has 154 valence electrons. The maximum absolute atomic E-state index is 12.6. The van der Waals surface area contributed by atoms with Crippen molar-refractivity contribution < 1.29 is 9.59 Å². The summed E-state index contributed by atoms with van der Waals surface area (Å²) < 4.78 is 0. The van der Waals surface area contributed by atoms with Crippen molar-refractivity contribution in [1.82, 2.24) is 20.9 Å². The quantitative estimate of drug-likeness (QED) is 0.297. The maximum Gasteiger partial charge on any atom is 0.256 e. The minimum atomic E-state index is -0.199. The van der Waals surface area contributed by atoms with Gasteiger partial charge >= 0.3 is 0 Å². The molecule has 1 saturated heterocycles. The molecule has 7 nitrogen and oxygen atoms in total. The molecule has 0 aromatic carbocycles. The molecule has 8 heteroatoms. The first kappa shape index (κ1) is 22.5. The first-order chi connectivity index (χ1) is 13.9. The Labute approximate surface area is 175 Å². The molecule has 0 spiro atoms. The smallest absolute Gasteiger partial charge is 0.256 e. The summed E-state index contributed by atoms with van der Waals surface area (Å²) in [5.41, 5.74) is 4.79. The Morgan fingerprint density at radius 2 is 2.00 bits per heavy atom. The van der Waals surface area contributed by atoms with E-state index in [1.165, 1.54) is 0 Å². The highest BCUT2D eigenvalue weighted by Gasteiger charge is 2.27. The molecular formula is C21H26ClN5O2. The van der Waals surface area contributed by atoms with Crippen LogP contribution in [0.5, 0.6) is 0 Å². The number of H-pyrrole nitrogens is 1. The zero-order chi connectivity index (χ0) is 21.4. The number of aromatic amines is 1. The van der Waals surface area contributed by atoms with Gasteiger partial charge in [0, 0.05) is 54.6 Å². The van der Waals surface area contributed by atoms with Gasteiger partial charge in [-0.2, -0.15) is 5.26 Å². The lowest BCUT2D eigenvalue weighted by Gasteiger charge is -2.06. The molecule has 1 fully saturated rings. The number of nitrogens with one attached hydrogen (secondary N) is 4. The van der Waals surface area contributed by atoms with E-state index in [4.69, 9.17) is 16.9 Å². The van der Waals surface area contributed by atoms with Crippen LogP contribution in [0, 0.1) is 25.2 Å². The second-order valence-corrected chi connectivity index (χ2v) is 6.87. The summed E-state index contributed by atoms with van der Waals surface area (Å²) in [6.45, 7) is 7.18. The average Bonchev–Trinajstić information content (AvgIpc) is 3.14. The van der Waals surface area contributed by atoms with Crippen LogP contribution in [0.25, 0.3) is 6.08 Å². The van der Waals surface area contributed by atoms with Gasteiger partial charge < -0.3 is 20.9 Å². The van der Waals surface area contributed by atoms with E-state index in [0.29, 0.717) is 42.9 Å². The minimum absolute atomic E-state index is 0.176. The average molecular weight is 416 g/mol. The minimum Gasteiger partial charge on any atom is -0.358 e. The Hall–Kier alpha value is -2.82. The van der Waals surface area contributed by atoms with Gasteiger partial charge in [-0.15, -0.1) is 11.6 Å². The van der Waals surface area contributed by atoms with Crippen molar-refractivity contribution >= 4 is 29.5 Å². The van der Waals surface area contributed by atoms with E-state index in [9.17, 15) is 9.59 Å². The summed E-state index contributed by atoms with van der Waals surface area (Å²) >= 11 is 5.86. The van der Waals surface area contributed by atoms with Gasteiger partial charge in [0.2, 0.25) is 0 Å². The summed E-state index contributed by atoms with van der Waals surface area (Å²) in [6.07, 6.45) is 5.81. The van der Waals surface area contributed by atoms with Gasteiger partial charge in [-0.25, -0.2) is 0 Å². The predicted octanol–water partition coefficient (Wildman–Crippen LogP) is 2.45. The number of halogens is 1. The van der Waals surface area contributed by atoms with Gasteiger partial charge in [-0.3, -0.25) is 9.59 Å². The Bertz CT molecular complexity index is 918. The molecule has 0 atom stereocenters. The normalized spacial score (nSPS) is 17.8. The molecule has 0 aliphatic carbocycles. The number of amides is 2. The topological polar surface area (TPSA) is 110 Å². The fraction of sp³-hybridized carbons (Fsp3) is 0.381. The van der Waals surface area contributed by atoms with E-state index < -0.39 is 0 Å². The number of nitrogens with zero attached hydrogens (tertiary/aromatic N) is 1. The van der Waals surface area contributed by atoms with Gasteiger partial charge in [0.25, 0.3) is 11.8 Å². The Morgan fingerprint density at radius 3 is 2.66 bits per heavy atom. The summed E-state index contributed by atoms with van der Waals surface area (Å²) in [7, 11) is 0. The van der Waals surface area contributed by atoms with Crippen LogP contribution < -0.4 is 16.0 Å². The zero-order valence-electron chi connectivity index (χ0n) is 16.9. The monoisotopic (exact) mass is 415 g/mol. The van der Waals surface area contributed by atoms with Crippen LogP contribution in [-0.4, -0.2) is 42.3 Å². The van der Waals surface area contributed by atoms with Crippen molar-refractivity contribution in [2.75, 3.05) is 25.5 Å². The number of aryl methyl sites for hydroxylation is 1. The highest BCUT2D eigenvalue weighted by Crippen LogP contribution is 2.29. The lowest BCUT2D eigenvalue weighted by atomic mass is 10.0. The Kier molecular flexibility index (Phi) is 8.25. The lowest BCUT2D eigenvalue weighted by Crippen LogP contribution is -2.32. The summed E-state index contributed by atoms with van der Waals surface area (Å²) in [6, 6.07) is 2.06. The number of nitriles is 1. The standard InChI is InChI=1S/C21H26ClN5O2/c1-4-17-15(6-7-22)16(20(28)27-17)12-18-13(2)19(14(3)26-18)21(29)25-11-10-24-9-5-8-23/h4,6,12,24,26H,5,7,9-11H2,1-3H3,(H,25,29)(H,27,28)/b15-6-,16-12-,17-4+. The van der Waals surface area contributed by atoms with Crippen LogP contribution >= 0.6 is 11.6 Å². The molecule has 0 bridgehead atoms. The number of allylic oxidation sites excluding steroid dienone is 3. The largest absolute Gasteiger partial charge is 0.358 e. The molecule has 0 radical (unpaired) electrons. The van der Waals surface area contributed by atoms with Crippen LogP contribution in [0.1, 0.15) is 40.7 Å². The van der Waals surface area contributed by atoms with E-state index in [0.717, 1.165) is 22.5 Å². The van der Waals surface area contributed by atoms with Crippen molar-refractivity contribution in [2.45, 2.75) is 27.2 Å². The van der Waals surface area contributed by atoms with E-state index >= 15 is 0 Å². The van der Waals surface area contributed by atoms with Crippen molar-refractivity contribution in [3.63, 3.8) is 0 Å². The molecule has 2 rings (SSSR count). The second-order valence-electron chi connectivity index (χ2n) is 6.56. The van der Waals surface area contributed by atoms with Crippen LogP contribution in [0.15, 0.2) is 29.0 Å². The maximum atomic E-state index is 12.6. The number of rotatable bonds is 8. The summed E-state index contributed by atoms with van der Waals surface area (Å²) in [5.74, 6) is -0.0855. The fourth-order valence-corrected chi connectivity index (χ4v) is 3.37. The van der Waals surface area contributed by atoms with Gasteiger partial charge in [0.05, 0.1) is 17.2 Å². The summed E-state index contributed by atoms with van der Waals surface area (Å²) in [4.78, 5) is 28.2. The molecule has 0 unspecified atom stereocenters. The second kappa shape index (κ2) is 10.6. The molecule has 2 amide bonds. The van der Waals surface area contributed by atoms with Gasteiger partial charge in [-0.05, 0) is 32.4 Å². The Balaban J connectivity index is 2.20. The number of hydrogen-bond acceptors (Lipinski definition) is 4. The molecule has 1 aromatic heterocycles. The first-order valence-corrected chi connectivity index (χ1v) is 9.99. The lowest BCUT2D eigenvalue weighted by molar-refractivity contribution is -0.115. The number of carbonyl (C=O) groups is 2. The number of carbonyl (C=O) groups excluding carboxylic acids is 2. The molecule has 1 aromatic rings.